The van der Waals surface area contributed by atoms with Crippen LogP contribution in [0.5, 0.6) is 0 Å². The Kier molecular flexibility index (Phi) is 3.82. The molecule has 0 bridgehead atoms. The highest BCUT2D eigenvalue weighted by Crippen LogP contribution is 2.64. The number of aromatic nitrogens is 4. The predicted octanol–water partition coefficient (Wildman–Crippen LogP) is 3.34. The first kappa shape index (κ1) is 16.6. The van der Waals surface area contributed by atoms with E-state index in [9.17, 15) is 4.39 Å². The third-order valence-electron chi connectivity index (χ3n) is 5.78. The number of halogens is 1. The third kappa shape index (κ3) is 3.14. The number of likely N-dealkylation sites (tertiary alicyclic amines) is 1. The number of aryl methyl sites for hydroxylation is 1. The average molecular weight is 369 g/mol. The summed E-state index contributed by atoms with van der Waals surface area (Å²) in [7, 11) is 0. The molecule has 1 aromatic carbocycles. The van der Waals surface area contributed by atoms with Crippen LogP contribution in [0.2, 0.25) is 0 Å². The number of rotatable bonds is 4. The first-order valence-corrected chi connectivity index (χ1v) is 9.22. The Morgan fingerprint density at radius 1 is 1.26 bits per heavy atom. The number of hydrogen-bond acceptors (Lipinski definition) is 7. The van der Waals surface area contributed by atoms with Crippen molar-refractivity contribution in [3.63, 3.8) is 0 Å². The van der Waals surface area contributed by atoms with Gasteiger partial charge in [0, 0.05) is 11.5 Å². The summed E-state index contributed by atoms with van der Waals surface area (Å²) >= 11 is 0. The molecule has 1 atom stereocenters. The standard InChI is InChI=1S/C19H20FN5O2/c1-12-21-16(27-24-12)11-25-7-5-19(6-8-25)10-15(19)18-23-22-17(26-18)13-3-2-4-14(20)9-13/h2-4,9,15H,5-8,10-11H2,1H3/t15-/m0/s1. The summed E-state index contributed by atoms with van der Waals surface area (Å²) in [6, 6.07) is 6.24. The molecule has 0 radical (unpaired) electrons. The number of hydrogen-bond donors (Lipinski definition) is 0. The predicted molar refractivity (Wildman–Crippen MR) is 93.0 cm³/mol. The molecule has 0 amide bonds. The van der Waals surface area contributed by atoms with Gasteiger partial charge in [-0.1, -0.05) is 11.2 Å². The number of nitrogens with zero attached hydrogens (tertiary/aromatic N) is 5. The molecule has 0 N–H and O–H groups in total. The largest absolute Gasteiger partial charge is 0.420 e. The third-order valence-corrected chi connectivity index (χ3v) is 5.78. The monoisotopic (exact) mass is 369 g/mol. The summed E-state index contributed by atoms with van der Waals surface area (Å²) in [6.45, 7) is 4.51. The van der Waals surface area contributed by atoms with E-state index in [0.29, 0.717) is 41.5 Å². The minimum absolute atomic E-state index is 0.257. The molecule has 2 fully saturated rings. The van der Waals surface area contributed by atoms with Crippen LogP contribution in [0.1, 0.15) is 42.8 Å². The fourth-order valence-corrected chi connectivity index (χ4v) is 4.12. The minimum Gasteiger partial charge on any atom is -0.420 e. The molecule has 1 aliphatic carbocycles. The van der Waals surface area contributed by atoms with E-state index in [2.05, 4.69) is 25.2 Å². The van der Waals surface area contributed by atoms with E-state index in [1.165, 1.54) is 12.1 Å². The Bertz CT molecular complexity index is 960. The second-order valence-electron chi connectivity index (χ2n) is 7.59. The summed E-state index contributed by atoms with van der Waals surface area (Å²) in [5.41, 5.74) is 0.876. The van der Waals surface area contributed by atoms with E-state index in [4.69, 9.17) is 8.94 Å². The van der Waals surface area contributed by atoms with Gasteiger partial charge in [-0.05, 0) is 62.9 Å². The van der Waals surface area contributed by atoms with Crippen LogP contribution in [-0.2, 0) is 6.54 Å². The van der Waals surface area contributed by atoms with E-state index in [1.807, 2.05) is 6.92 Å². The lowest BCUT2D eigenvalue weighted by molar-refractivity contribution is 0.144. The zero-order chi connectivity index (χ0) is 18.4. The van der Waals surface area contributed by atoms with E-state index >= 15 is 0 Å². The van der Waals surface area contributed by atoms with Gasteiger partial charge < -0.3 is 8.94 Å². The second kappa shape index (κ2) is 6.23. The van der Waals surface area contributed by atoms with E-state index < -0.39 is 0 Å². The summed E-state index contributed by atoms with van der Waals surface area (Å²) < 4.78 is 24.5. The highest BCUT2D eigenvalue weighted by Gasteiger charge is 2.58. The van der Waals surface area contributed by atoms with Crippen molar-refractivity contribution >= 4 is 0 Å². The van der Waals surface area contributed by atoms with Gasteiger partial charge in [0.05, 0.1) is 6.54 Å². The van der Waals surface area contributed by atoms with Gasteiger partial charge in [-0.25, -0.2) is 4.39 Å². The quantitative estimate of drug-likeness (QED) is 0.698. The molecule has 2 aliphatic rings. The Morgan fingerprint density at radius 3 is 2.85 bits per heavy atom. The summed E-state index contributed by atoms with van der Waals surface area (Å²) in [5.74, 6) is 2.41. The van der Waals surface area contributed by atoms with Crippen molar-refractivity contribution in [2.24, 2.45) is 5.41 Å². The molecule has 1 aliphatic heterocycles. The molecule has 0 unspecified atom stereocenters. The molecule has 140 valence electrons. The van der Waals surface area contributed by atoms with Crippen molar-refractivity contribution in [3.8, 4) is 11.5 Å². The topological polar surface area (TPSA) is 81.1 Å². The van der Waals surface area contributed by atoms with Crippen molar-refractivity contribution in [1.29, 1.82) is 0 Å². The van der Waals surface area contributed by atoms with Crippen LogP contribution in [0.3, 0.4) is 0 Å². The second-order valence-corrected chi connectivity index (χ2v) is 7.59. The van der Waals surface area contributed by atoms with Crippen molar-refractivity contribution in [3.05, 3.63) is 47.7 Å². The van der Waals surface area contributed by atoms with Gasteiger partial charge in [0.1, 0.15) is 5.82 Å². The van der Waals surface area contributed by atoms with Gasteiger partial charge in [-0.3, -0.25) is 4.90 Å². The number of piperidine rings is 1. The zero-order valence-corrected chi connectivity index (χ0v) is 15.1. The van der Waals surface area contributed by atoms with Crippen LogP contribution in [0.25, 0.3) is 11.5 Å². The van der Waals surface area contributed by atoms with Gasteiger partial charge in [-0.2, -0.15) is 4.98 Å². The normalized spacial score (nSPS) is 21.6. The van der Waals surface area contributed by atoms with Crippen molar-refractivity contribution < 1.29 is 13.3 Å². The Hall–Kier alpha value is -2.61. The Balaban J connectivity index is 1.22. The summed E-state index contributed by atoms with van der Waals surface area (Å²) in [4.78, 5) is 6.62. The van der Waals surface area contributed by atoms with Crippen LogP contribution >= 0.6 is 0 Å². The van der Waals surface area contributed by atoms with Gasteiger partial charge in [0.15, 0.2) is 5.82 Å². The van der Waals surface area contributed by atoms with E-state index in [1.54, 1.807) is 12.1 Å². The van der Waals surface area contributed by atoms with Crippen molar-refractivity contribution in [2.75, 3.05) is 13.1 Å². The fourth-order valence-electron chi connectivity index (χ4n) is 4.12. The fraction of sp³-hybridized carbons (Fsp3) is 0.474. The van der Waals surface area contributed by atoms with E-state index in [0.717, 1.165) is 32.4 Å². The van der Waals surface area contributed by atoms with Crippen LogP contribution < -0.4 is 0 Å². The Labute approximate surface area is 155 Å². The van der Waals surface area contributed by atoms with Gasteiger partial charge in [0.25, 0.3) is 0 Å². The van der Waals surface area contributed by atoms with E-state index in [-0.39, 0.29) is 11.2 Å². The zero-order valence-electron chi connectivity index (χ0n) is 15.1. The van der Waals surface area contributed by atoms with Crippen molar-refractivity contribution in [2.45, 2.75) is 38.6 Å². The van der Waals surface area contributed by atoms with Gasteiger partial charge in [0.2, 0.25) is 17.7 Å². The molecule has 5 rings (SSSR count). The molecule has 27 heavy (non-hydrogen) atoms. The molecule has 1 spiro atoms. The van der Waals surface area contributed by atoms with Crippen LogP contribution in [0.4, 0.5) is 4.39 Å². The molecular weight excluding hydrogens is 349 g/mol. The van der Waals surface area contributed by atoms with Crippen LogP contribution in [0, 0.1) is 18.2 Å². The molecule has 2 aromatic heterocycles. The highest BCUT2D eigenvalue weighted by atomic mass is 19.1. The SMILES string of the molecule is Cc1noc(CN2CCC3(CC2)C[C@H]3c2nnc(-c3cccc(F)c3)o2)n1. The smallest absolute Gasteiger partial charge is 0.247 e. The number of benzene rings is 1. The van der Waals surface area contributed by atoms with Crippen LogP contribution in [0.15, 0.2) is 33.2 Å². The maximum atomic E-state index is 13.4. The average Bonchev–Trinajstić information content (AvgIpc) is 2.99. The first-order valence-electron chi connectivity index (χ1n) is 9.22. The van der Waals surface area contributed by atoms with Gasteiger partial charge in [-0.15, -0.1) is 10.2 Å². The highest BCUT2D eigenvalue weighted by molar-refractivity contribution is 5.52. The molecule has 3 aromatic rings. The maximum absolute atomic E-state index is 13.4. The maximum Gasteiger partial charge on any atom is 0.247 e. The molecular formula is C19H20FN5O2. The Morgan fingerprint density at radius 2 is 2.11 bits per heavy atom. The molecule has 1 saturated heterocycles. The summed E-state index contributed by atoms with van der Waals surface area (Å²) in [5, 5.41) is 12.2. The molecule has 7 nitrogen and oxygen atoms in total. The van der Waals surface area contributed by atoms with Crippen molar-refractivity contribution in [1.82, 2.24) is 25.2 Å². The van der Waals surface area contributed by atoms with Gasteiger partial charge >= 0.3 is 0 Å². The molecule has 3 heterocycles. The lowest BCUT2D eigenvalue weighted by atomic mass is 9.91. The lowest BCUT2D eigenvalue weighted by Crippen LogP contribution is -2.34. The summed E-state index contributed by atoms with van der Waals surface area (Å²) in [6.07, 6.45) is 3.25. The first-order chi connectivity index (χ1) is 13.1. The minimum atomic E-state index is -0.307. The molecule has 8 heteroatoms. The van der Waals surface area contributed by atoms with Crippen LogP contribution in [-0.4, -0.2) is 38.3 Å². The molecule has 1 saturated carbocycles. The lowest BCUT2D eigenvalue weighted by Gasteiger charge is -2.31.